The van der Waals surface area contributed by atoms with Crippen molar-refractivity contribution in [2.75, 3.05) is 19.1 Å². The zero-order chi connectivity index (χ0) is 20.6. The molecule has 0 fully saturated rings. The van der Waals surface area contributed by atoms with Gasteiger partial charge >= 0.3 is 0 Å². The van der Waals surface area contributed by atoms with Crippen LogP contribution >= 0.6 is 11.8 Å². The molecule has 0 spiro atoms. The molecule has 3 aromatic rings. The summed E-state index contributed by atoms with van der Waals surface area (Å²) in [6, 6.07) is 7.74. The van der Waals surface area contributed by atoms with E-state index in [1.54, 1.807) is 24.4 Å². The summed E-state index contributed by atoms with van der Waals surface area (Å²) in [4.78, 5) is 13.6. The SMILES string of the molecule is CSc1nccc(-c2c(-c3ccc(F)cc3)nc3n2[C@H](COS(C)(=O)=O)CC3)n1. The highest BCUT2D eigenvalue weighted by Gasteiger charge is 2.31. The van der Waals surface area contributed by atoms with Crippen LogP contribution in [0.4, 0.5) is 4.39 Å². The van der Waals surface area contributed by atoms with Gasteiger partial charge in [-0.15, -0.1) is 0 Å². The van der Waals surface area contributed by atoms with Crippen LogP contribution in [0.2, 0.25) is 0 Å². The van der Waals surface area contributed by atoms with Crippen LogP contribution in [0.3, 0.4) is 0 Å². The van der Waals surface area contributed by atoms with E-state index < -0.39 is 10.1 Å². The molecular weight excluding hydrogens is 415 g/mol. The molecule has 0 aliphatic carbocycles. The van der Waals surface area contributed by atoms with Gasteiger partial charge in [-0.05, 0) is 43.0 Å². The van der Waals surface area contributed by atoms with Gasteiger partial charge in [0.15, 0.2) is 5.16 Å². The molecule has 10 heteroatoms. The van der Waals surface area contributed by atoms with E-state index in [9.17, 15) is 12.8 Å². The number of hydrogen-bond donors (Lipinski definition) is 0. The van der Waals surface area contributed by atoms with Crippen molar-refractivity contribution in [3.8, 4) is 22.6 Å². The molecule has 0 N–H and O–H groups in total. The van der Waals surface area contributed by atoms with Crippen LogP contribution < -0.4 is 0 Å². The third-order valence-electron chi connectivity index (χ3n) is 4.70. The summed E-state index contributed by atoms with van der Waals surface area (Å²) < 4.78 is 43.5. The smallest absolute Gasteiger partial charge is 0.264 e. The lowest BCUT2D eigenvalue weighted by atomic mass is 10.1. The third-order valence-corrected chi connectivity index (χ3v) is 5.83. The maximum Gasteiger partial charge on any atom is 0.264 e. The van der Waals surface area contributed by atoms with Crippen molar-refractivity contribution >= 4 is 21.9 Å². The summed E-state index contributed by atoms with van der Waals surface area (Å²) in [6.07, 6.45) is 6.02. The van der Waals surface area contributed by atoms with Crippen molar-refractivity contribution < 1.29 is 17.0 Å². The summed E-state index contributed by atoms with van der Waals surface area (Å²) in [5.74, 6) is 0.499. The van der Waals surface area contributed by atoms with Crippen molar-refractivity contribution in [3.05, 3.63) is 48.2 Å². The summed E-state index contributed by atoms with van der Waals surface area (Å²) >= 11 is 1.43. The maximum absolute atomic E-state index is 13.4. The fourth-order valence-corrected chi connectivity index (χ4v) is 4.22. The van der Waals surface area contributed by atoms with Crippen LogP contribution in [0, 0.1) is 5.82 Å². The number of aromatic nitrogens is 4. The summed E-state index contributed by atoms with van der Waals surface area (Å²) in [5.41, 5.74) is 2.86. The highest BCUT2D eigenvalue weighted by Crippen LogP contribution is 2.39. The van der Waals surface area contributed by atoms with Gasteiger partial charge in [0, 0.05) is 18.2 Å². The summed E-state index contributed by atoms with van der Waals surface area (Å²) in [6.45, 7) is 0.0263. The molecule has 1 aliphatic rings. The fourth-order valence-electron chi connectivity index (χ4n) is 3.46. The van der Waals surface area contributed by atoms with Gasteiger partial charge in [-0.1, -0.05) is 11.8 Å². The number of imidazole rings is 1. The first-order valence-corrected chi connectivity index (χ1v) is 12.0. The van der Waals surface area contributed by atoms with E-state index >= 15 is 0 Å². The Hall–Kier alpha value is -2.30. The zero-order valence-corrected chi connectivity index (χ0v) is 17.5. The Bertz CT molecular complexity index is 1150. The minimum atomic E-state index is -3.56. The van der Waals surface area contributed by atoms with Gasteiger partial charge in [0.05, 0.1) is 36.0 Å². The fraction of sp³-hybridized carbons (Fsp3) is 0.316. The van der Waals surface area contributed by atoms with Crippen LogP contribution in [0.5, 0.6) is 0 Å². The second kappa shape index (κ2) is 7.85. The van der Waals surface area contributed by atoms with Gasteiger partial charge in [-0.3, -0.25) is 4.18 Å². The third kappa shape index (κ3) is 4.19. The van der Waals surface area contributed by atoms with Crippen molar-refractivity contribution in [1.82, 2.24) is 19.5 Å². The highest BCUT2D eigenvalue weighted by molar-refractivity contribution is 7.98. The van der Waals surface area contributed by atoms with Gasteiger partial charge in [-0.2, -0.15) is 8.42 Å². The van der Waals surface area contributed by atoms with E-state index in [-0.39, 0.29) is 18.5 Å². The zero-order valence-electron chi connectivity index (χ0n) is 15.9. The molecular formula is C19H19FN4O3S2. The normalized spacial score (nSPS) is 16.2. The molecule has 1 atom stereocenters. The number of fused-ring (bicyclic) bond motifs is 1. The Morgan fingerprint density at radius 1 is 1.24 bits per heavy atom. The first-order valence-electron chi connectivity index (χ1n) is 8.94. The molecule has 2 aromatic heterocycles. The number of thioether (sulfide) groups is 1. The lowest BCUT2D eigenvalue weighted by Gasteiger charge is -2.17. The Labute approximate surface area is 172 Å². The highest BCUT2D eigenvalue weighted by atomic mass is 32.2. The molecule has 152 valence electrons. The molecule has 0 unspecified atom stereocenters. The van der Waals surface area contributed by atoms with Gasteiger partial charge in [0.2, 0.25) is 0 Å². The topological polar surface area (TPSA) is 87.0 Å². The van der Waals surface area contributed by atoms with E-state index in [1.807, 2.05) is 10.8 Å². The van der Waals surface area contributed by atoms with Crippen molar-refractivity contribution in [1.29, 1.82) is 0 Å². The first-order chi connectivity index (χ1) is 13.9. The van der Waals surface area contributed by atoms with E-state index in [1.165, 1.54) is 23.9 Å². The molecule has 1 aromatic carbocycles. The lowest BCUT2D eigenvalue weighted by Crippen LogP contribution is -2.16. The largest absolute Gasteiger partial charge is 0.321 e. The molecule has 29 heavy (non-hydrogen) atoms. The Balaban J connectivity index is 1.86. The average Bonchev–Trinajstić information content (AvgIpc) is 3.25. The number of benzene rings is 1. The Morgan fingerprint density at radius 2 is 2.00 bits per heavy atom. The van der Waals surface area contributed by atoms with Crippen LogP contribution in [-0.4, -0.2) is 47.1 Å². The predicted octanol–water partition coefficient (Wildman–Crippen LogP) is 3.33. The maximum atomic E-state index is 13.4. The molecule has 4 rings (SSSR count). The molecule has 0 amide bonds. The first kappa shape index (κ1) is 20.0. The molecule has 7 nitrogen and oxygen atoms in total. The van der Waals surface area contributed by atoms with E-state index in [0.29, 0.717) is 23.0 Å². The van der Waals surface area contributed by atoms with Crippen LogP contribution in [0.25, 0.3) is 22.6 Å². The lowest BCUT2D eigenvalue weighted by molar-refractivity contribution is 0.263. The standard InChI is InChI=1S/C19H19FN4O3S2/c1-28-19-21-10-9-15(22-19)18-17(12-3-5-13(20)6-4-12)23-16-8-7-14(24(16)18)11-27-29(2,25)26/h3-6,9-10,14H,7-8,11H2,1-2H3/t14-/m0/s1. The number of halogens is 1. The summed E-state index contributed by atoms with van der Waals surface area (Å²) in [5, 5.41) is 0.616. The number of nitrogens with zero attached hydrogens (tertiary/aromatic N) is 4. The number of aryl methyl sites for hydroxylation is 1. The van der Waals surface area contributed by atoms with E-state index in [4.69, 9.17) is 9.17 Å². The predicted molar refractivity (Wildman–Crippen MR) is 109 cm³/mol. The van der Waals surface area contributed by atoms with Crippen molar-refractivity contribution in [3.63, 3.8) is 0 Å². The minimum absolute atomic E-state index is 0.0263. The van der Waals surface area contributed by atoms with Crippen LogP contribution in [-0.2, 0) is 20.7 Å². The molecule has 0 bridgehead atoms. The van der Waals surface area contributed by atoms with E-state index in [2.05, 4.69) is 9.97 Å². The van der Waals surface area contributed by atoms with Crippen molar-refractivity contribution in [2.45, 2.75) is 24.0 Å². The monoisotopic (exact) mass is 434 g/mol. The average molecular weight is 435 g/mol. The van der Waals surface area contributed by atoms with E-state index in [0.717, 1.165) is 29.8 Å². The Kier molecular flexibility index (Phi) is 5.41. The number of rotatable bonds is 6. The molecule has 0 saturated carbocycles. The second-order valence-corrected chi connectivity index (χ2v) is 9.13. The Morgan fingerprint density at radius 3 is 2.69 bits per heavy atom. The van der Waals surface area contributed by atoms with Crippen LogP contribution in [0.15, 0.2) is 41.7 Å². The molecule has 1 aliphatic heterocycles. The second-order valence-electron chi connectivity index (χ2n) is 6.71. The summed E-state index contributed by atoms with van der Waals surface area (Å²) in [7, 11) is -3.56. The minimum Gasteiger partial charge on any atom is -0.321 e. The molecule has 3 heterocycles. The van der Waals surface area contributed by atoms with Crippen LogP contribution in [0.1, 0.15) is 18.3 Å². The van der Waals surface area contributed by atoms with Gasteiger partial charge in [-0.25, -0.2) is 19.3 Å². The van der Waals surface area contributed by atoms with Gasteiger partial charge in [0.25, 0.3) is 10.1 Å². The quantitative estimate of drug-likeness (QED) is 0.334. The molecule has 0 saturated heterocycles. The van der Waals surface area contributed by atoms with Gasteiger partial charge < -0.3 is 4.57 Å². The molecule has 0 radical (unpaired) electrons. The number of hydrogen-bond acceptors (Lipinski definition) is 7. The van der Waals surface area contributed by atoms with Crippen molar-refractivity contribution in [2.24, 2.45) is 0 Å². The van der Waals surface area contributed by atoms with Gasteiger partial charge in [0.1, 0.15) is 11.6 Å².